The number of nitrogens with one attached hydrogen (secondary N) is 1. The molecule has 0 spiro atoms. The van der Waals surface area contributed by atoms with E-state index in [4.69, 9.17) is 14.3 Å². The number of furan rings is 1. The Balaban J connectivity index is 1.65. The number of hydrogen-bond donors (Lipinski definition) is 1. The lowest BCUT2D eigenvalue weighted by atomic mass is 10.1. The monoisotopic (exact) mass is 373 g/mol. The van der Waals surface area contributed by atoms with E-state index in [0.717, 1.165) is 34.0 Å². The van der Waals surface area contributed by atoms with Gasteiger partial charge in [-0.2, -0.15) is 5.10 Å². The second-order valence-corrected chi connectivity index (χ2v) is 6.63. The lowest BCUT2D eigenvalue weighted by Crippen LogP contribution is -2.17. The van der Waals surface area contributed by atoms with Gasteiger partial charge < -0.3 is 14.5 Å². The fourth-order valence-electron chi connectivity index (χ4n) is 3.15. The predicted octanol–water partition coefficient (Wildman–Crippen LogP) is 4.99. The molecule has 0 bridgehead atoms. The number of ether oxygens (including phenoxy) is 1. The molecule has 2 aromatic heterocycles. The standard InChI is InChI=1S/C23H23N3O2/c1-17(22-9-6-14-28-22)24-15-19-16-26(20-7-4-3-5-8-20)25-23(19)18-10-12-21(27-2)13-11-18/h3-14,16-17,24H,15H2,1-2H3/t17-/m0/s1. The largest absolute Gasteiger partial charge is 0.497 e. The summed E-state index contributed by atoms with van der Waals surface area (Å²) < 4.78 is 12.7. The van der Waals surface area contributed by atoms with Gasteiger partial charge in [0.15, 0.2) is 0 Å². The van der Waals surface area contributed by atoms with Gasteiger partial charge in [-0.25, -0.2) is 4.68 Å². The van der Waals surface area contributed by atoms with Crippen LogP contribution in [0.1, 0.15) is 24.3 Å². The zero-order chi connectivity index (χ0) is 19.3. The van der Waals surface area contributed by atoms with Crippen LogP contribution in [0.4, 0.5) is 0 Å². The summed E-state index contributed by atoms with van der Waals surface area (Å²) in [6, 6.07) is 22.1. The van der Waals surface area contributed by atoms with Crippen molar-refractivity contribution in [1.29, 1.82) is 0 Å². The average Bonchev–Trinajstić information content (AvgIpc) is 3.43. The van der Waals surface area contributed by atoms with Gasteiger partial charge in [0.2, 0.25) is 0 Å². The molecular weight excluding hydrogens is 350 g/mol. The third kappa shape index (κ3) is 3.85. The van der Waals surface area contributed by atoms with Crippen LogP contribution in [-0.2, 0) is 6.54 Å². The molecule has 0 fully saturated rings. The van der Waals surface area contributed by atoms with Crippen LogP contribution >= 0.6 is 0 Å². The molecule has 2 heterocycles. The van der Waals surface area contributed by atoms with Crippen molar-refractivity contribution in [3.05, 3.63) is 90.5 Å². The van der Waals surface area contributed by atoms with Crippen LogP contribution in [0.25, 0.3) is 16.9 Å². The summed E-state index contributed by atoms with van der Waals surface area (Å²) in [5, 5.41) is 8.39. The van der Waals surface area contributed by atoms with Crippen LogP contribution in [0, 0.1) is 0 Å². The Bertz CT molecular complexity index is 1010. The molecule has 0 unspecified atom stereocenters. The van der Waals surface area contributed by atoms with Gasteiger partial charge in [-0.3, -0.25) is 0 Å². The zero-order valence-corrected chi connectivity index (χ0v) is 16.0. The van der Waals surface area contributed by atoms with Gasteiger partial charge in [-0.15, -0.1) is 0 Å². The summed E-state index contributed by atoms with van der Waals surface area (Å²) in [6.07, 6.45) is 3.78. The smallest absolute Gasteiger partial charge is 0.120 e. The maximum absolute atomic E-state index is 5.50. The third-order valence-electron chi connectivity index (χ3n) is 4.74. The highest BCUT2D eigenvalue weighted by molar-refractivity contribution is 5.64. The maximum atomic E-state index is 5.50. The van der Waals surface area contributed by atoms with E-state index < -0.39 is 0 Å². The maximum Gasteiger partial charge on any atom is 0.120 e. The van der Waals surface area contributed by atoms with E-state index in [9.17, 15) is 0 Å². The molecule has 0 saturated heterocycles. The highest BCUT2D eigenvalue weighted by Gasteiger charge is 2.15. The van der Waals surface area contributed by atoms with Gasteiger partial charge >= 0.3 is 0 Å². The molecule has 0 amide bonds. The first-order valence-corrected chi connectivity index (χ1v) is 9.30. The fourth-order valence-corrected chi connectivity index (χ4v) is 3.15. The molecule has 2 aromatic carbocycles. The molecule has 4 rings (SSSR count). The van der Waals surface area contributed by atoms with Crippen molar-refractivity contribution in [3.8, 4) is 22.7 Å². The van der Waals surface area contributed by atoms with Crippen molar-refractivity contribution in [1.82, 2.24) is 15.1 Å². The van der Waals surface area contributed by atoms with Gasteiger partial charge in [0, 0.05) is 23.9 Å². The lowest BCUT2D eigenvalue weighted by Gasteiger charge is -2.11. The van der Waals surface area contributed by atoms with Crippen molar-refractivity contribution >= 4 is 0 Å². The van der Waals surface area contributed by atoms with Crippen molar-refractivity contribution in [3.63, 3.8) is 0 Å². The molecule has 0 aliphatic heterocycles. The van der Waals surface area contributed by atoms with Crippen LogP contribution in [0.3, 0.4) is 0 Å². The molecule has 0 aliphatic rings. The SMILES string of the molecule is COc1ccc(-c2nn(-c3ccccc3)cc2CN[C@@H](C)c2ccco2)cc1. The third-order valence-corrected chi connectivity index (χ3v) is 4.74. The number of nitrogens with zero attached hydrogens (tertiary/aromatic N) is 2. The Kier molecular flexibility index (Phi) is 5.26. The van der Waals surface area contributed by atoms with E-state index in [0.29, 0.717) is 6.54 Å². The lowest BCUT2D eigenvalue weighted by molar-refractivity contribution is 0.415. The Morgan fingerprint density at radius 3 is 2.50 bits per heavy atom. The number of benzene rings is 2. The van der Waals surface area contributed by atoms with E-state index in [1.807, 2.05) is 71.4 Å². The van der Waals surface area contributed by atoms with Crippen LogP contribution in [-0.4, -0.2) is 16.9 Å². The number of para-hydroxylation sites is 1. The topological polar surface area (TPSA) is 52.2 Å². The summed E-state index contributed by atoms with van der Waals surface area (Å²) >= 11 is 0. The molecule has 0 aliphatic carbocycles. The van der Waals surface area contributed by atoms with Crippen molar-refractivity contribution in [2.24, 2.45) is 0 Å². The van der Waals surface area contributed by atoms with Crippen molar-refractivity contribution in [2.75, 3.05) is 7.11 Å². The Hall–Kier alpha value is -3.31. The van der Waals surface area contributed by atoms with Gasteiger partial charge in [0.25, 0.3) is 0 Å². The highest BCUT2D eigenvalue weighted by atomic mass is 16.5. The number of aromatic nitrogens is 2. The number of rotatable bonds is 7. The molecule has 1 N–H and O–H groups in total. The van der Waals surface area contributed by atoms with Crippen molar-refractivity contribution < 1.29 is 9.15 Å². The predicted molar refractivity (Wildman–Crippen MR) is 110 cm³/mol. The van der Waals surface area contributed by atoms with Crippen LogP contribution < -0.4 is 10.1 Å². The molecule has 28 heavy (non-hydrogen) atoms. The van der Waals surface area contributed by atoms with Gasteiger partial charge in [0.05, 0.1) is 30.8 Å². The fraction of sp³-hybridized carbons (Fsp3) is 0.174. The zero-order valence-electron chi connectivity index (χ0n) is 16.0. The molecule has 0 saturated carbocycles. The van der Waals surface area contributed by atoms with Gasteiger partial charge in [-0.05, 0) is 55.5 Å². The highest BCUT2D eigenvalue weighted by Crippen LogP contribution is 2.26. The summed E-state index contributed by atoms with van der Waals surface area (Å²) in [7, 11) is 1.67. The molecule has 5 nitrogen and oxygen atoms in total. The molecule has 0 radical (unpaired) electrons. The van der Waals surface area contributed by atoms with E-state index in [-0.39, 0.29) is 6.04 Å². The van der Waals surface area contributed by atoms with Gasteiger partial charge in [0.1, 0.15) is 11.5 Å². The summed E-state index contributed by atoms with van der Waals surface area (Å²) in [4.78, 5) is 0. The van der Waals surface area contributed by atoms with Gasteiger partial charge in [-0.1, -0.05) is 18.2 Å². The van der Waals surface area contributed by atoms with Crippen molar-refractivity contribution in [2.45, 2.75) is 19.5 Å². The van der Waals surface area contributed by atoms with E-state index in [1.54, 1.807) is 13.4 Å². The van der Waals surface area contributed by atoms with E-state index in [2.05, 4.69) is 18.4 Å². The minimum atomic E-state index is 0.110. The first-order chi connectivity index (χ1) is 13.7. The van der Waals surface area contributed by atoms with Crippen LogP contribution in [0.15, 0.2) is 83.6 Å². The van der Waals surface area contributed by atoms with E-state index in [1.165, 1.54) is 0 Å². The minimum absolute atomic E-state index is 0.110. The van der Waals surface area contributed by atoms with Crippen LogP contribution in [0.2, 0.25) is 0 Å². The summed E-state index contributed by atoms with van der Waals surface area (Å²) in [6.45, 7) is 2.77. The molecule has 1 atom stereocenters. The first-order valence-electron chi connectivity index (χ1n) is 9.30. The molecule has 5 heteroatoms. The Morgan fingerprint density at radius 1 is 1.04 bits per heavy atom. The summed E-state index contributed by atoms with van der Waals surface area (Å²) in [5.41, 5.74) is 4.15. The Labute approximate surface area is 164 Å². The first kappa shape index (κ1) is 18.1. The van der Waals surface area contributed by atoms with E-state index >= 15 is 0 Å². The second kappa shape index (κ2) is 8.15. The van der Waals surface area contributed by atoms with Crippen LogP contribution in [0.5, 0.6) is 5.75 Å². The summed E-state index contributed by atoms with van der Waals surface area (Å²) in [5.74, 6) is 1.75. The quantitative estimate of drug-likeness (QED) is 0.496. The Morgan fingerprint density at radius 2 is 1.82 bits per heavy atom. The number of hydrogen-bond acceptors (Lipinski definition) is 4. The molecule has 4 aromatic rings. The minimum Gasteiger partial charge on any atom is -0.497 e. The normalized spacial score (nSPS) is 12.1. The molecular formula is C23H23N3O2. The number of methoxy groups -OCH3 is 1. The second-order valence-electron chi connectivity index (χ2n) is 6.63. The average molecular weight is 373 g/mol. The molecule has 142 valence electrons.